The van der Waals surface area contributed by atoms with Gasteiger partial charge in [-0.3, -0.25) is 4.98 Å². The highest BCUT2D eigenvalue weighted by molar-refractivity contribution is 5.65. The lowest BCUT2D eigenvalue weighted by atomic mass is 10.2. The van der Waals surface area contributed by atoms with Gasteiger partial charge in [0.1, 0.15) is 5.82 Å². The number of pyridine rings is 1. The maximum atomic E-state index is 5.60. The quantitative estimate of drug-likeness (QED) is 0.728. The number of nitrogens with two attached hydrogens (primary N) is 1. The number of rotatable bonds is 6. The third kappa shape index (κ3) is 2.92. The summed E-state index contributed by atoms with van der Waals surface area (Å²) in [5, 5.41) is 7.98. The van der Waals surface area contributed by atoms with Gasteiger partial charge >= 0.3 is 0 Å². The lowest BCUT2D eigenvalue weighted by Gasteiger charge is -2.09. The molecule has 0 saturated heterocycles. The molecule has 0 radical (unpaired) electrons. The van der Waals surface area contributed by atoms with Crippen LogP contribution in [0, 0.1) is 0 Å². The summed E-state index contributed by atoms with van der Waals surface area (Å²) in [5.74, 6) is 0.930. The summed E-state index contributed by atoms with van der Waals surface area (Å²) in [5.41, 5.74) is 9.43. The Kier molecular flexibility index (Phi) is 4.29. The standard InChI is InChI=1S/C16H20N6/c1-2-3-13-10-15(19-9-6-17)22-16(20-13)11-14(21-22)12-4-7-18-8-5-12/h4-5,7-8,10-11,19H,2-3,6,9,17H2,1H3. The van der Waals surface area contributed by atoms with Crippen molar-refractivity contribution < 1.29 is 0 Å². The predicted molar refractivity (Wildman–Crippen MR) is 87.8 cm³/mol. The first kappa shape index (κ1) is 14.5. The van der Waals surface area contributed by atoms with E-state index in [1.807, 2.05) is 22.7 Å². The summed E-state index contributed by atoms with van der Waals surface area (Å²) in [6.45, 7) is 3.43. The summed E-state index contributed by atoms with van der Waals surface area (Å²) < 4.78 is 1.84. The Morgan fingerprint density at radius 3 is 2.77 bits per heavy atom. The minimum Gasteiger partial charge on any atom is -0.369 e. The van der Waals surface area contributed by atoms with Gasteiger partial charge in [0, 0.05) is 48.9 Å². The maximum absolute atomic E-state index is 5.60. The van der Waals surface area contributed by atoms with Gasteiger partial charge in [0.2, 0.25) is 0 Å². The summed E-state index contributed by atoms with van der Waals surface area (Å²) in [7, 11) is 0. The predicted octanol–water partition coefficient (Wildman–Crippen LogP) is 2.11. The van der Waals surface area contributed by atoms with Crippen LogP contribution in [-0.2, 0) is 6.42 Å². The molecule has 0 amide bonds. The molecule has 0 aromatic carbocycles. The van der Waals surface area contributed by atoms with E-state index in [2.05, 4.69) is 28.4 Å². The Bertz CT molecular complexity index is 750. The smallest absolute Gasteiger partial charge is 0.158 e. The molecular formula is C16H20N6. The molecule has 0 saturated carbocycles. The molecule has 3 aromatic rings. The molecule has 0 spiro atoms. The molecule has 0 aliphatic heterocycles. The number of hydrogen-bond acceptors (Lipinski definition) is 5. The van der Waals surface area contributed by atoms with E-state index in [1.54, 1.807) is 12.4 Å². The van der Waals surface area contributed by atoms with Crippen molar-refractivity contribution in [2.45, 2.75) is 19.8 Å². The Hall–Kier alpha value is -2.47. The van der Waals surface area contributed by atoms with Crippen molar-refractivity contribution in [2.75, 3.05) is 18.4 Å². The molecule has 0 aliphatic rings. The van der Waals surface area contributed by atoms with Gasteiger partial charge in [0.05, 0.1) is 5.69 Å². The van der Waals surface area contributed by atoms with Gasteiger partial charge in [-0.25, -0.2) is 4.98 Å². The topological polar surface area (TPSA) is 81.1 Å². The van der Waals surface area contributed by atoms with E-state index in [9.17, 15) is 0 Å². The Balaban J connectivity index is 2.08. The monoisotopic (exact) mass is 296 g/mol. The first-order chi connectivity index (χ1) is 10.8. The van der Waals surface area contributed by atoms with Crippen molar-refractivity contribution >= 4 is 11.5 Å². The maximum Gasteiger partial charge on any atom is 0.158 e. The zero-order valence-corrected chi connectivity index (χ0v) is 12.7. The van der Waals surface area contributed by atoms with Crippen LogP contribution in [0.1, 0.15) is 19.0 Å². The molecular weight excluding hydrogens is 276 g/mol. The van der Waals surface area contributed by atoms with Crippen LogP contribution in [0.2, 0.25) is 0 Å². The summed E-state index contributed by atoms with van der Waals surface area (Å²) >= 11 is 0. The van der Waals surface area contributed by atoms with Gasteiger partial charge < -0.3 is 11.1 Å². The zero-order valence-electron chi connectivity index (χ0n) is 12.7. The van der Waals surface area contributed by atoms with Crippen molar-refractivity contribution in [2.24, 2.45) is 5.73 Å². The SMILES string of the molecule is CCCc1cc(NCCN)n2nc(-c3ccncc3)cc2n1. The van der Waals surface area contributed by atoms with E-state index >= 15 is 0 Å². The van der Waals surface area contributed by atoms with Crippen LogP contribution in [0.15, 0.2) is 36.7 Å². The first-order valence-corrected chi connectivity index (χ1v) is 7.56. The summed E-state index contributed by atoms with van der Waals surface area (Å²) in [6.07, 6.45) is 5.54. The highest BCUT2D eigenvalue weighted by Crippen LogP contribution is 2.21. The molecule has 3 aromatic heterocycles. The average Bonchev–Trinajstić information content (AvgIpc) is 2.98. The van der Waals surface area contributed by atoms with Gasteiger partial charge in [0.25, 0.3) is 0 Å². The van der Waals surface area contributed by atoms with Crippen LogP contribution >= 0.6 is 0 Å². The molecule has 0 atom stereocenters. The van der Waals surface area contributed by atoms with E-state index in [-0.39, 0.29) is 0 Å². The van der Waals surface area contributed by atoms with Gasteiger partial charge in [-0.05, 0) is 18.6 Å². The van der Waals surface area contributed by atoms with Crippen molar-refractivity contribution in [3.05, 3.63) is 42.4 Å². The molecule has 6 nitrogen and oxygen atoms in total. The fraction of sp³-hybridized carbons (Fsp3) is 0.312. The molecule has 0 unspecified atom stereocenters. The highest BCUT2D eigenvalue weighted by atomic mass is 15.3. The molecule has 3 heterocycles. The molecule has 114 valence electrons. The number of aromatic nitrogens is 4. The fourth-order valence-electron chi connectivity index (χ4n) is 2.40. The largest absolute Gasteiger partial charge is 0.369 e. The van der Waals surface area contributed by atoms with Crippen molar-refractivity contribution in [3.63, 3.8) is 0 Å². The molecule has 6 heteroatoms. The van der Waals surface area contributed by atoms with Crippen molar-refractivity contribution in [3.8, 4) is 11.3 Å². The third-order valence-electron chi connectivity index (χ3n) is 3.41. The van der Waals surface area contributed by atoms with Crippen LogP contribution in [-0.4, -0.2) is 32.7 Å². The van der Waals surface area contributed by atoms with Gasteiger partial charge in [-0.2, -0.15) is 9.61 Å². The van der Waals surface area contributed by atoms with Crippen molar-refractivity contribution in [1.82, 2.24) is 19.6 Å². The Labute approximate surface area is 129 Å². The zero-order chi connectivity index (χ0) is 15.4. The normalized spacial score (nSPS) is 11.0. The summed E-state index contributed by atoms with van der Waals surface area (Å²) in [6, 6.07) is 7.95. The van der Waals surface area contributed by atoms with E-state index in [0.29, 0.717) is 13.1 Å². The lowest BCUT2D eigenvalue weighted by Crippen LogP contribution is -2.16. The molecule has 0 aliphatic carbocycles. The Morgan fingerprint density at radius 2 is 2.05 bits per heavy atom. The van der Waals surface area contributed by atoms with Crippen LogP contribution < -0.4 is 11.1 Å². The van der Waals surface area contributed by atoms with E-state index in [4.69, 9.17) is 10.7 Å². The van der Waals surface area contributed by atoms with E-state index < -0.39 is 0 Å². The summed E-state index contributed by atoms with van der Waals surface area (Å²) in [4.78, 5) is 8.74. The number of nitrogens with one attached hydrogen (secondary N) is 1. The number of aryl methyl sites for hydroxylation is 1. The number of nitrogens with zero attached hydrogens (tertiary/aromatic N) is 4. The van der Waals surface area contributed by atoms with Gasteiger partial charge in [-0.15, -0.1) is 0 Å². The molecule has 0 fully saturated rings. The second-order valence-corrected chi connectivity index (χ2v) is 5.13. The molecule has 0 bridgehead atoms. The van der Waals surface area contributed by atoms with Crippen LogP contribution in [0.25, 0.3) is 16.9 Å². The minimum absolute atomic E-state index is 0.575. The second kappa shape index (κ2) is 6.53. The fourth-order valence-corrected chi connectivity index (χ4v) is 2.40. The van der Waals surface area contributed by atoms with Gasteiger partial charge in [-0.1, -0.05) is 13.3 Å². The second-order valence-electron chi connectivity index (χ2n) is 5.13. The van der Waals surface area contributed by atoms with E-state index in [1.165, 1.54) is 0 Å². The Morgan fingerprint density at radius 1 is 1.23 bits per heavy atom. The lowest BCUT2D eigenvalue weighted by molar-refractivity contribution is 0.855. The molecule has 22 heavy (non-hydrogen) atoms. The van der Waals surface area contributed by atoms with Crippen molar-refractivity contribution in [1.29, 1.82) is 0 Å². The van der Waals surface area contributed by atoms with Crippen LogP contribution in [0.3, 0.4) is 0 Å². The van der Waals surface area contributed by atoms with Gasteiger partial charge in [0.15, 0.2) is 5.65 Å². The first-order valence-electron chi connectivity index (χ1n) is 7.56. The minimum atomic E-state index is 0.575. The average molecular weight is 296 g/mol. The number of hydrogen-bond donors (Lipinski definition) is 2. The highest BCUT2D eigenvalue weighted by Gasteiger charge is 2.10. The van der Waals surface area contributed by atoms with Crippen LogP contribution in [0.5, 0.6) is 0 Å². The third-order valence-corrected chi connectivity index (χ3v) is 3.41. The van der Waals surface area contributed by atoms with E-state index in [0.717, 1.165) is 41.3 Å². The number of fused-ring (bicyclic) bond motifs is 1. The van der Waals surface area contributed by atoms with Crippen LogP contribution in [0.4, 0.5) is 5.82 Å². The number of anilines is 1. The molecule has 3 N–H and O–H groups in total. The molecule has 3 rings (SSSR count).